The number of methoxy groups -OCH3 is 1. The van der Waals surface area contributed by atoms with Gasteiger partial charge in [-0.05, 0) is 47.0 Å². The molecule has 27 heavy (non-hydrogen) atoms. The van der Waals surface area contributed by atoms with Crippen molar-refractivity contribution in [3.05, 3.63) is 65.7 Å². The predicted molar refractivity (Wildman–Crippen MR) is 111 cm³/mol. The second kappa shape index (κ2) is 7.80. The molecule has 138 valence electrons. The van der Waals surface area contributed by atoms with Crippen molar-refractivity contribution in [2.24, 2.45) is 4.99 Å². The van der Waals surface area contributed by atoms with Crippen molar-refractivity contribution in [2.45, 2.75) is 6.92 Å². The van der Waals surface area contributed by atoms with Gasteiger partial charge < -0.3 is 14.8 Å². The fourth-order valence-corrected chi connectivity index (χ4v) is 3.40. The Labute approximate surface area is 159 Å². The molecule has 4 heteroatoms. The summed E-state index contributed by atoms with van der Waals surface area (Å²) in [4.78, 5) is 4.59. The summed E-state index contributed by atoms with van der Waals surface area (Å²) in [6, 6.07) is 19.4. The third kappa shape index (κ3) is 3.81. The molecule has 0 saturated carbocycles. The number of aryl methyl sites for hydroxylation is 1. The molecule has 0 atom stereocenters. The third-order valence-electron chi connectivity index (χ3n) is 4.76. The first-order valence-corrected chi connectivity index (χ1v) is 9.30. The Morgan fingerprint density at radius 1 is 0.963 bits per heavy atom. The zero-order valence-electron chi connectivity index (χ0n) is 15.8. The molecule has 1 N–H and O–H groups in total. The molecule has 1 aliphatic rings. The van der Waals surface area contributed by atoms with Crippen molar-refractivity contribution < 1.29 is 9.47 Å². The number of aliphatic imine (C=N–C) groups is 1. The van der Waals surface area contributed by atoms with Crippen molar-refractivity contribution in [3.8, 4) is 16.9 Å². The Morgan fingerprint density at radius 3 is 2.63 bits per heavy atom. The number of rotatable bonds is 6. The van der Waals surface area contributed by atoms with Crippen LogP contribution in [0.3, 0.4) is 0 Å². The number of ether oxygens (including phenoxy) is 2. The monoisotopic (exact) mass is 360 g/mol. The number of nitrogens with zero attached hydrogens (tertiary/aromatic N) is 1. The van der Waals surface area contributed by atoms with E-state index in [1.54, 1.807) is 7.11 Å². The van der Waals surface area contributed by atoms with Gasteiger partial charge in [-0.2, -0.15) is 0 Å². The average molecular weight is 360 g/mol. The second-order valence-electron chi connectivity index (χ2n) is 6.78. The molecule has 4 rings (SSSR count). The second-order valence-corrected chi connectivity index (χ2v) is 6.78. The highest BCUT2D eigenvalue weighted by Crippen LogP contribution is 2.31. The van der Waals surface area contributed by atoms with Crippen molar-refractivity contribution in [2.75, 3.05) is 33.4 Å². The minimum atomic E-state index is 0.518. The smallest absolute Gasteiger partial charge is 0.132 e. The summed E-state index contributed by atoms with van der Waals surface area (Å²) < 4.78 is 11.1. The fourth-order valence-electron chi connectivity index (χ4n) is 3.40. The largest absolute Gasteiger partial charge is 0.490 e. The van der Waals surface area contributed by atoms with Crippen LogP contribution in [0.15, 0.2) is 59.6 Å². The lowest BCUT2D eigenvalue weighted by Crippen LogP contribution is -2.20. The standard InChI is InChI=1S/C23H24N2O2/c1-16-4-3-5-17(12-16)18-6-7-19-15-22(27-11-10-26-2)21(14-20(19)13-18)23-24-8-9-25-23/h3-7,12-15H,8-11H2,1-2H3,(H,24,25). The fraction of sp³-hybridized carbons (Fsp3) is 0.261. The maximum absolute atomic E-state index is 5.98. The average Bonchev–Trinajstić information content (AvgIpc) is 3.22. The van der Waals surface area contributed by atoms with Gasteiger partial charge in [0.15, 0.2) is 0 Å². The molecule has 0 aromatic heterocycles. The van der Waals surface area contributed by atoms with Crippen molar-refractivity contribution in [3.63, 3.8) is 0 Å². The summed E-state index contributed by atoms with van der Waals surface area (Å²) in [7, 11) is 1.68. The number of benzene rings is 3. The summed E-state index contributed by atoms with van der Waals surface area (Å²) in [5.41, 5.74) is 4.72. The van der Waals surface area contributed by atoms with E-state index in [9.17, 15) is 0 Å². The summed E-state index contributed by atoms with van der Waals surface area (Å²) in [5, 5.41) is 5.69. The molecule has 0 aliphatic carbocycles. The first kappa shape index (κ1) is 17.6. The zero-order valence-corrected chi connectivity index (χ0v) is 15.8. The van der Waals surface area contributed by atoms with Crippen LogP contribution in [0.5, 0.6) is 5.75 Å². The lowest BCUT2D eigenvalue weighted by atomic mass is 9.98. The van der Waals surface area contributed by atoms with Gasteiger partial charge in [0.1, 0.15) is 18.2 Å². The van der Waals surface area contributed by atoms with E-state index >= 15 is 0 Å². The van der Waals surface area contributed by atoms with E-state index in [4.69, 9.17) is 9.47 Å². The lowest BCUT2D eigenvalue weighted by molar-refractivity contribution is 0.146. The molecule has 3 aromatic rings. The van der Waals surface area contributed by atoms with E-state index in [0.29, 0.717) is 13.2 Å². The molecule has 1 heterocycles. The molecule has 0 fully saturated rings. The SMILES string of the molecule is COCCOc1cc2ccc(-c3cccc(C)c3)cc2cc1C1=NCCN1. The number of amidine groups is 1. The van der Waals surface area contributed by atoms with Gasteiger partial charge in [0.25, 0.3) is 0 Å². The molecular formula is C23H24N2O2. The normalized spacial score (nSPS) is 13.5. The Morgan fingerprint density at radius 2 is 1.85 bits per heavy atom. The van der Waals surface area contributed by atoms with Gasteiger partial charge >= 0.3 is 0 Å². The first-order valence-electron chi connectivity index (χ1n) is 9.30. The van der Waals surface area contributed by atoms with Crippen LogP contribution in [0.2, 0.25) is 0 Å². The summed E-state index contributed by atoms with van der Waals surface area (Å²) in [5.74, 6) is 1.75. The van der Waals surface area contributed by atoms with Crippen LogP contribution < -0.4 is 10.1 Å². The Balaban J connectivity index is 1.78. The topological polar surface area (TPSA) is 42.9 Å². The van der Waals surface area contributed by atoms with Crippen LogP contribution in [0.1, 0.15) is 11.1 Å². The van der Waals surface area contributed by atoms with Gasteiger partial charge in [0.2, 0.25) is 0 Å². The number of nitrogens with one attached hydrogen (secondary N) is 1. The van der Waals surface area contributed by atoms with Crippen LogP contribution >= 0.6 is 0 Å². The molecule has 0 amide bonds. The van der Waals surface area contributed by atoms with Gasteiger partial charge in [-0.15, -0.1) is 0 Å². The number of hydrogen-bond donors (Lipinski definition) is 1. The molecular weight excluding hydrogens is 336 g/mol. The molecule has 0 unspecified atom stereocenters. The maximum Gasteiger partial charge on any atom is 0.132 e. The highest BCUT2D eigenvalue weighted by Gasteiger charge is 2.15. The first-order chi connectivity index (χ1) is 13.2. The highest BCUT2D eigenvalue weighted by atomic mass is 16.5. The molecule has 3 aromatic carbocycles. The summed E-state index contributed by atoms with van der Waals surface area (Å²) in [6.07, 6.45) is 0. The molecule has 4 nitrogen and oxygen atoms in total. The summed E-state index contributed by atoms with van der Waals surface area (Å²) in [6.45, 7) is 4.87. The van der Waals surface area contributed by atoms with Crippen LogP contribution in [-0.4, -0.2) is 39.2 Å². The zero-order chi connectivity index (χ0) is 18.6. The minimum absolute atomic E-state index is 0.518. The third-order valence-corrected chi connectivity index (χ3v) is 4.76. The van der Waals surface area contributed by atoms with Crippen LogP contribution in [0.25, 0.3) is 21.9 Å². The van der Waals surface area contributed by atoms with E-state index in [1.165, 1.54) is 22.1 Å². The quantitative estimate of drug-likeness (QED) is 0.670. The van der Waals surface area contributed by atoms with E-state index in [1.807, 2.05) is 0 Å². The summed E-state index contributed by atoms with van der Waals surface area (Å²) >= 11 is 0. The van der Waals surface area contributed by atoms with Crippen molar-refractivity contribution in [1.82, 2.24) is 5.32 Å². The molecule has 0 bridgehead atoms. The van der Waals surface area contributed by atoms with E-state index in [-0.39, 0.29) is 0 Å². The van der Waals surface area contributed by atoms with Gasteiger partial charge in [0, 0.05) is 13.7 Å². The van der Waals surface area contributed by atoms with Crippen molar-refractivity contribution >= 4 is 16.6 Å². The Kier molecular flexibility index (Phi) is 5.07. The maximum atomic E-state index is 5.98. The van der Waals surface area contributed by atoms with Gasteiger partial charge in [-0.25, -0.2) is 0 Å². The van der Waals surface area contributed by atoms with Crippen molar-refractivity contribution in [1.29, 1.82) is 0 Å². The Bertz CT molecular complexity index is 995. The van der Waals surface area contributed by atoms with E-state index in [0.717, 1.165) is 35.6 Å². The predicted octanol–water partition coefficient (Wildman–Crippen LogP) is 4.19. The van der Waals surface area contributed by atoms with Gasteiger partial charge in [-0.1, -0.05) is 42.0 Å². The van der Waals surface area contributed by atoms with E-state index in [2.05, 4.69) is 71.8 Å². The molecule has 0 spiro atoms. The van der Waals surface area contributed by atoms with Crippen LogP contribution in [-0.2, 0) is 4.74 Å². The number of hydrogen-bond acceptors (Lipinski definition) is 4. The Hall–Kier alpha value is -2.85. The molecule has 1 aliphatic heterocycles. The van der Waals surface area contributed by atoms with Crippen LogP contribution in [0, 0.1) is 6.92 Å². The number of fused-ring (bicyclic) bond motifs is 1. The van der Waals surface area contributed by atoms with Gasteiger partial charge in [-0.3, -0.25) is 4.99 Å². The lowest BCUT2D eigenvalue weighted by Gasteiger charge is -2.14. The molecule has 0 saturated heterocycles. The van der Waals surface area contributed by atoms with Crippen LogP contribution in [0.4, 0.5) is 0 Å². The van der Waals surface area contributed by atoms with E-state index < -0.39 is 0 Å². The molecule has 0 radical (unpaired) electrons. The van der Waals surface area contributed by atoms with Gasteiger partial charge in [0.05, 0.1) is 18.7 Å². The highest BCUT2D eigenvalue weighted by molar-refractivity contribution is 6.06. The minimum Gasteiger partial charge on any atom is -0.490 e.